The molecule has 0 atom stereocenters. The van der Waals surface area contributed by atoms with Crippen molar-refractivity contribution in [3.8, 4) is 0 Å². The fourth-order valence-electron chi connectivity index (χ4n) is 1.60. The van der Waals surface area contributed by atoms with Crippen LogP contribution in [0.3, 0.4) is 0 Å². The summed E-state index contributed by atoms with van der Waals surface area (Å²) in [7, 11) is 0. The summed E-state index contributed by atoms with van der Waals surface area (Å²) in [5, 5.41) is 17.4. The molecule has 0 amide bonds. The lowest BCUT2D eigenvalue weighted by molar-refractivity contribution is -0.385. The Bertz CT molecular complexity index is 559. The van der Waals surface area contributed by atoms with Crippen LogP contribution in [-0.2, 0) is 13.0 Å². The van der Waals surface area contributed by atoms with Crippen LogP contribution in [0.2, 0.25) is 0 Å². The van der Waals surface area contributed by atoms with E-state index in [-0.39, 0.29) is 12.2 Å². The Hall–Kier alpha value is -2.35. The van der Waals surface area contributed by atoms with E-state index in [1.54, 1.807) is 0 Å². The van der Waals surface area contributed by atoms with Crippen LogP contribution in [0.5, 0.6) is 0 Å². The monoisotopic (exact) mass is 266 g/mol. The van der Waals surface area contributed by atoms with Gasteiger partial charge in [-0.25, -0.2) is 4.39 Å². The van der Waals surface area contributed by atoms with Gasteiger partial charge in [0, 0.05) is 31.1 Å². The van der Waals surface area contributed by atoms with E-state index < -0.39 is 10.7 Å². The minimum Gasteiger partial charge on any atom is -0.343 e. The van der Waals surface area contributed by atoms with Gasteiger partial charge in [0.25, 0.3) is 5.69 Å². The Balaban J connectivity index is 1.91. The highest BCUT2D eigenvalue weighted by Gasteiger charge is 2.13. The molecule has 100 valence electrons. The van der Waals surface area contributed by atoms with Crippen molar-refractivity contribution in [3.63, 3.8) is 0 Å². The maximum absolute atomic E-state index is 13.1. The van der Waals surface area contributed by atoms with Crippen molar-refractivity contribution in [1.82, 2.24) is 15.5 Å². The van der Waals surface area contributed by atoms with Gasteiger partial charge in [0.15, 0.2) is 5.82 Å². The standard InChI is InChI=1S/C11H11FN4O3/c12-9-1-2-10(16(17)18)8(5-9)6-13-4-3-11-14-7-19-15-11/h1-2,5,7,13H,3-4,6H2. The summed E-state index contributed by atoms with van der Waals surface area (Å²) in [4.78, 5) is 14.1. The zero-order valence-corrected chi connectivity index (χ0v) is 9.88. The molecule has 0 aliphatic rings. The van der Waals surface area contributed by atoms with Crippen molar-refractivity contribution in [3.05, 3.63) is 51.9 Å². The SMILES string of the molecule is O=[N+]([O-])c1ccc(F)cc1CNCCc1ncon1. The van der Waals surface area contributed by atoms with Gasteiger partial charge in [-0.2, -0.15) is 4.98 Å². The molecule has 0 unspecified atom stereocenters. The second-order valence-corrected chi connectivity index (χ2v) is 3.80. The predicted molar refractivity (Wildman–Crippen MR) is 62.8 cm³/mol. The number of aromatic nitrogens is 2. The summed E-state index contributed by atoms with van der Waals surface area (Å²) in [5.74, 6) is 0.0433. The van der Waals surface area contributed by atoms with Gasteiger partial charge in [-0.3, -0.25) is 10.1 Å². The lowest BCUT2D eigenvalue weighted by atomic mass is 10.1. The third kappa shape index (κ3) is 3.55. The molecule has 0 fully saturated rings. The quantitative estimate of drug-likeness (QED) is 0.483. The van der Waals surface area contributed by atoms with Gasteiger partial charge >= 0.3 is 0 Å². The first-order chi connectivity index (χ1) is 9.16. The molecule has 1 N–H and O–H groups in total. The molecule has 0 aliphatic heterocycles. The van der Waals surface area contributed by atoms with E-state index >= 15 is 0 Å². The molecule has 1 aromatic heterocycles. The summed E-state index contributed by atoms with van der Waals surface area (Å²) < 4.78 is 17.6. The molecular formula is C11H11FN4O3. The van der Waals surface area contributed by atoms with Crippen LogP contribution in [0.25, 0.3) is 0 Å². The molecule has 0 bridgehead atoms. The maximum atomic E-state index is 13.1. The maximum Gasteiger partial charge on any atom is 0.274 e. The first kappa shape index (κ1) is 13.1. The van der Waals surface area contributed by atoms with Crippen molar-refractivity contribution >= 4 is 5.69 Å². The topological polar surface area (TPSA) is 94.1 Å². The van der Waals surface area contributed by atoms with E-state index in [1.165, 1.54) is 6.39 Å². The van der Waals surface area contributed by atoms with Gasteiger partial charge < -0.3 is 9.84 Å². The lowest BCUT2D eigenvalue weighted by Gasteiger charge is -2.04. The zero-order chi connectivity index (χ0) is 13.7. The summed E-state index contributed by atoms with van der Waals surface area (Å²) in [6.45, 7) is 0.707. The Labute approximate surface area is 107 Å². The van der Waals surface area contributed by atoms with Crippen molar-refractivity contribution < 1.29 is 13.8 Å². The van der Waals surface area contributed by atoms with Gasteiger partial charge in [0.05, 0.1) is 4.92 Å². The van der Waals surface area contributed by atoms with E-state index in [4.69, 9.17) is 0 Å². The molecule has 2 rings (SSSR count). The van der Waals surface area contributed by atoms with Crippen LogP contribution in [0.4, 0.5) is 10.1 Å². The van der Waals surface area contributed by atoms with Crippen molar-refractivity contribution in [2.24, 2.45) is 0 Å². The molecule has 1 aromatic carbocycles. The van der Waals surface area contributed by atoms with Crippen LogP contribution < -0.4 is 5.32 Å². The Kier molecular flexibility index (Phi) is 4.14. The molecule has 19 heavy (non-hydrogen) atoms. The molecule has 0 saturated heterocycles. The van der Waals surface area contributed by atoms with E-state index in [9.17, 15) is 14.5 Å². The zero-order valence-electron chi connectivity index (χ0n) is 9.88. The van der Waals surface area contributed by atoms with Crippen LogP contribution in [0.15, 0.2) is 29.1 Å². The van der Waals surface area contributed by atoms with E-state index in [2.05, 4.69) is 20.0 Å². The molecule has 0 saturated carbocycles. The molecule has 1 heterocycles. The Morgan fingerprint density at radius 2 is 2.32 bits per heavy atom. The number of rotatable bonds is 6. The number of halogens is 1. The van der Waals surface area contributed by atoms with E-state index in [1.807, 2.05) is 0 Å². The number of benzene rings is 1. The summed E-state index contributed by atoms with van der Waals surface area (Å²) in [5.41, 5.74) is 0.201. The summed E-state index contributed by atoms with van der Waals surface area (Å²) in [6, 6.07) is 3.38. The largest absolute Gasteiger partial charge is 0.343 e. The molecule has 0 aliphatic carbocycles. The van der Waals surface area contributed by atoms with Gasteiger partial charge in [0.2, 0.25) is 6.39 Å². The van der Waals surface area contributed by atoms with E-state index in [0.29, 0.717) is 24.4 Å². The number of nitrogens with zero attached hydrogens (tertiary/aromatic N) is 3. The average molecular weight is 266 g/mol. The van der Waals surface area contributed by atoms with Crippen molar-refractivity contribution in [1.29, 1.82) is 0 Å². The lowest BCUT2D eigenvalue weighted by Crippen LogP contribution is -2.18. The first-order valence-corrected chi connectivity index (χ1v) is 5.55. The fourth-order valence-corrected chi connectivity index (χ4v) is 1.60. The number of hydrogen-bond acceptors (Lipinski definition) is 6. The highest BCUT2D eigenvalue weighted by Crippen LogP contribution is 2.19. The smallest absolute Gasteiger partial charge is 0.274 e. The van der Waals surface area contributed by atoms with Crippen LogP contribution in [-0.4, -0.2) is 21.6 Å². The first-order valence-electron chi connectivity index (χ1n) is 5.55. The second kappa shape index (κ2) is 6.01. The second-order valence-electron chi connectivity index (χ2n) is 3.80. The van der Waals surface area contributed by atoms with Crippen molar-refractivity contribution in [2.45, 2.75) is 13.0 Å². The highest BCUT2D eigenvalue weighted by molar-refractivity contribution is 5.40. The Morgan fingerprint density at radius 3 is 3.00 bits per heavy atom. The van der Waals surface area contributed by atoms with E-state index in [0.717, 1.165) is 18.2 Å². The fraction of sp³-hybridized carbons (Fsp3) is 0.273. The van der Waals surface area contributed by atoms with Crippen LogP contribution in [0, 0.1) is 15.9 Å². The summed E-state index contributed by atoms with van der Waals surface area (Å²) in [6.07, 6.45) is 1.76. The minimum atomic E-state index is -0.532. The number of nitrogens with one attached hydrogen (secondary N) is 1. The molecule has 0 spiro atoms. The van der Waals surface area contributed by atoms with Gasteiger partial charge in [0.1, 0.15) is 5.82 Å². The third-order valence-electron chi connectivity index (χ3n) is 2.49. The summed E-state index contributed by atoms with van der Waals surface area (Å²) >= 11 is 0. The molecule has 7 nitrogen and oxygen atoms in total. The number of hydrogen-bond donors (Lipinski definition) is 1. The minimum absolute atomic E-state index is 0.103. The highest BCUT2D eigenvalue weighted by atomic mass is 19.1. The van der Waals surface area contributed by atoms with Crippen LogP contribution in [0.1, 0.15) is 11.4 Å². The normalized spacial score (nSPS) is 10.6. The number of nitro groups is 1. The Morgan fingerprint density at radius 1 is 1.47 bits per heavy atom. The van der Waals surface area contributed by atoms with Gasteiger partial charge in [-0.1, -0.05) is 5.16 Å². The average Bonchev–Trinajstić information content (AvgIpc) is 2.87. The molecule has 8 heteroatoms. The van der Waals surface area contributed by atoms with Gasteiger partial charge in [-0.05, 0) is 12.1 Å². The number of nitro benzene ring substituents is 1. The molecule has 2 aromatic rings. The molecular weight excluding hydrogens is 255 g/mol. The predicted octanol–water partition coefficient (Wildman–Crippen LogP) is 1.45. The van der Waals surface area contributed by atoms with Crippen molar-refractivity contribution in [2.75, 3.05) is 6.54 Å². The molecule has 0 radical (unpaired) electrons. The third-order valence-corrected chi connectivity index (χ3v) is 2.49. The van der Waals surface area contributed by atoms with Crippen LogP contribution >= 0.6 is 0 Å². The van der Waals surface area contributed by atoms with Gasteiger partial charge in [-0.15, -0.1) is 0 Å².